The lowest BCUT2D eigenvalue weighted by Crippen LogP contribution is -2.30. The molecule has 0 bridgehead atoms. The van der Waals surface area contributed by atoms with Gasteiger partial charge in [0.25, 0.3) is 11.8 Å². The van der Waals surface area contributed by atoms with Crippen LogP contribution < -0.4 is 22.1 Å². The van der Waals surface area contributed by atoms with E-state index in [2.05, 4.69) is 10.6 Å². The number of aryl methyl sites for hydroxylation is 2. The fraction of sp³-hybridized carbons (Fsp3) is 0.286. The number of aromatic nitrogens is 2. The summed E-state index contributed by atoms with van der Waals surface area (Å²) in [7, 11) is 3.47. The lowest BCUT2D eigenvalue weighted by atomic mass is 10.3. The number of nitrogen functional groups attached to an aromatic ring is 1. The predicted molar refractivity (Wildman–Crippen MR) is 84.6 cm³/mol. The molecule has 0 aromatic carbocycles. The molecule has 0 fully saturated rings. The minimum absolute atomic E-state index is 0.239. The van der Waals surface area contributed by atoms with E-state index in [-0.39, 0.29) is 11.8 Å². The molecule has 0 atom stereocenters. The van der Waals surface area contributed by atoms with Crippen molar-refractivity contribution in [2.24, 2.45) is 19.8 Å². The van der Waals surface area contributed by atoms with E-state index >= 15 is 0 Å². The predicted octanol–water partition coefficient (Wildman–Crippen LogP) is -0.113. The van der Waals surface area contributed by atoms with E-state index in [9.17, 15) is 9.59 Å². The van der Waals surface area contributed by atoms with Gasteiger partial charge in [0.2, 0.25) is 0 Å². The first-order valence-corrected chi connectivity index (χ1v) is 6.80. The zero-order valence-electron chi connectivity index (χ0n) is 12.6. The summed E-state index contributed by atoms with van der Waals surface area (Å²) < 4.78 is 3.28. The monoisotopic (exact) mass is 304 g/mol. The maximum absolute atomic E-state index is 12.2. The average Bonchev–Trinajstić information content (AvgIpc) is 2.98. The normalized spacial score (nSPS) is 10.5. The Labute approximate surface area is 128 Å². The molecule has 2 rings (SSSR count). The Kier molecular flexibility index (Phi) is 4.52. The fourth-order valence-electron chi connectivity index (χ4n) is 2.15. The molecule has 0 aliphatic rings. The molecule has 2 aromatic rings. The number of carbonyl (C=O) groups is 2. The van der Waals surface area contributed by atoms with Crippen LogP contribution in [0.1, 0.15) is 21.0 Å². The zero-order chi connectivity index (χ0) is 16.3. The minimum Gasteiger partial charge on any atom is -0.397 e. The van der Waals surface area contributed by atoms with Crippen molar-refractivity contribution in [3.63, 3.8) is 0 Å². The molecule has 2 heterocycles. The van der Waals surface area contributed by atoms with Crippen LogP contribution in [0.5, 0.6) is 0 Å². The Morgan fingerprint density at radius 1 is 1.09 bits per heavy atom. The van der Waals surface area contributed by atoms with Crippen LogP contribution in [0.4, 0.5) is 11.4 Å². The highest BCUT2D eigenvalue weighted by atomic mass is 16.2. The number of nitrogens with zero attached hydrogens (tertiary/aromatic N) is 2. The van der Waals surface area contributed by atoms with Crippen LogP contribution in [-0.4, -0.2) is 34.0 Å². The van der Waals surface area contributed by atoms with Gasteiger partial charge in [-0.25, -0.2) is 0 Å². The number of nitrogens with one attached hydrogen (secondary N) is 2. The van der Waals surface area contributed by atoms with Crippen LogP contribution in [0.25, 0.3) is 0 Å². The van der Waals surface area contributed by atoms with Crippen molar-refractivity contribution in [1.29, 1.82) is 0 Å². The summed E-state index contributed by atoms with van der Waals surface area (Å²) in [5.41, 5.74) is 12.9. The number of anilines is 2. The molecule has 22 heavy (non-hydrogen) atoms. The first-order valence-electron chi connectivity index (χ1n) is 6.80. The Morgan fingerprint density at radius 2 is 1.73 bits per heavy atom. The molecule has 2 aromatic heterocycles. The molecule has 0 aliphatic heterocycles. The van der Waals surface area contributed by atoms with Gasteiger partial charge in [-0.2, -0.15) is 0 Å². The molecular formula is C14H20N6O2. The number of hydrogen-bond acceptors (Lipinski definition) is 4. The van der Waals surface area contributed by atoms with Crippen LogP contribution in [0.15, 0.2) is 24.5 Å². The second-order valence-electron chi connectivity index (χ2n) is 4.99. The highest BCUT2D eigenvalue weighted by Gasteiger charge is 2.15. The molecule has 0 saturated carbocycles. The largest absolute Gasteiger partial charge is 0.397 e. The van der Waals surface area contributed by atoms with Gasteiger partial charge in [0.15, 0.2) is 0 Å². The van der Waals surface area contributed by atoms with Gasteiger partial charge in [-0.05, 0) is 12.1 Å². The number of hydrogen-bond donors (Lipinski definition) is 4. The summed E-state index contributed by atoms with van der Waals surface area (Å²) >= 11 is 0. The summed E-state index contributed by atoms with van der Waals surface area (Å²) in [4.78, 5) is 24.1. The molecule has 0 saturated heterocycles. The summed E-state index contributed by atoms with van der Waals surface area (Å²) in [6.07, 6.45) is 3.33. The van der Waals surface area contributed by atoms with E-state index in [0.29, 0.717) is 35.9 Å². The lowest BCUT2D eigenvalue weighted by Gasteiger charge is -2.03. The maximum atomic E-state index is 12.2. The van der Waals surface area contributed by atoms with Gasteiger partial charge >= 0.3 is 0 Å². The smallest absolute Gasteiger partial charge is 0.272 e. The van der Waals surface area contributed by atoms with Crippen LogP contribution >= 0.6 is 0 Å². The van der Waals surface area contributed by atoms with Crippen molar-refractivity contribution < 1.29 is 9.59 Å². The number of nitrogens with two attached hydrogens (primary N) is 2. The summed E-state index contributed by atoms with van der Waals surface area (Å²) in [5.74, 6) is -0.532. The molecule has 0 spiro atoms. The first kappa shape index (κ1) is 15.6. The van der Waals surface area contributed by atoms with Gasteiger partial charge in [0.05, 0.1) is 11.4 Å². The quantitative estimate of drug-likeness (QED) is 0.616. The molecule has 8 heteroatoms. The Hall–Kier alpha value is -2.74. The van der Waals surface area contributed by atoms with Crippen molar-refractivity contribution in [1.82, 2.24) is 14.5 Å². The maximum Gasteiger partial charge on any atom is 0.272 e. The van der Waals surface area contributed by atoms with Gasteiger partial charge in [0.1, 0.15) is 11.4 Å². The van der Waals surface area contributed by atoms with Gasteiger partial charge in [-0.15, -0.1) is 0 Å². The first-order chi connectivity index (χ1) is 10.4. The summed E-state index contributed by atoms with van der Waals surface area (Å²) in [6, 6.07) is 3.20. The van der Waals surface area contributed by atoms with Crippen molar-refractivity contribution in [3.8, 4) is 0 Å². The molecule has 118 valence electrons. The zero-order valence-corrected chi connectivity index (χ0v) is 12.6. The van der Waals surface area contributed by atoms with E-state index in [1.54, 1.807) is 47.8 Å². The summed E-state index contributed by atoms with van der Waals surface area (Å²) in [5, 5.41) is 5.43. The number of amides is 2. The van der Waals surface area contributed by atoms with Gasteiger partial charge < -0.3 is 31.2 Å². The second kappa shape index (κ2) is 6.35. The van der Waals surface area contributed by atoms with Gasteiger partial charge in [-0.3, -0.25) is 9.59 Å². The second-order valence-corrected chi connectivity index (χ2v) is 4.99. The van der Waals surface area contributed by atoms with Crippen LogP contribution in [-0.2, 0) is 14.1 Å². The van der Waals surface area contributed by atoms with Crippen LogP contribution in [0.2, 0.25) is 0 Å². The Balaban J connectivity index is 2.12. The fourth-order valence-corrected chi connectivity index (χ4v) is 2.15. The third-order valence-corrected chi connectivity index (χ3v) is 3.18. The molecule has 8 nitrogen and oxygen atoms in total. The van der Waals surface area contributed by atoms with Crippen LogP contribution in [0.3, 0.4) is 0 Å². The standard InChI is InChI=1S/C14H20N6O2/c1-19-7-9(16)5-11(19)14(22)18-10-6-12(20(2)8-10)13(21)17-4-3-15/h5-8H,3-4,15-16H2,1-2H3,(H,17,21)(H,18,22). The Bertz CT molecular complexity index is 700. The highest BCUT2D eigenvalue weighted by Crippen LogP contribution is 2.15. The summed E-state index contributed by atoms with van der Waals surface area (Å²) in [6.45, 7) is 0.767. The van der Waals surface area contributed by atoms with Crippen LogP contribution in [0, 0.1) is 0 Å². The number of rotatable bonds is 5. The third kappa shape index (κ3) is 3.29. The van der Waals surface area contributed by atoms with E-state index in [4.69, 9.17) is 11.5 Å². The van der Waals surface area contributed by atoms with Gasteiger partial charge in [0, 0.05) is 39.6 Å². The van der Waals surface area contributed by atoms with E-state index in [1.165, 1.54) is 0 Å². The topological polar surface area (TPSA) is 120 Å². The molecular weight excluding hydrogens is 284 g/mol. The van der Waals surface area contributed by atoms with Gasteiger partial charge in [-0.1, -0.05) is 0 Å². The molecule has 6 N–H and O–H groups in total. The van der Waals surface area contributed by atoms with Crippen molar-refractivity contribution in [2.45, 2.75) is 0 Å². The molecule has 0 unspecified atom stereocenters. The van der Waals surface area contributed by atoms with E-state index in [1.807, 2.05) is 0 Å². The third-order valence-electron chi connectivity index (χ3n) is 3.18. The van der Waals surface area contributed by atoms with Crippen molar-refractivity contribution in [2.75, 3.05) is 24.1 Å². The molecule has 0 aliphatic carbocycles. The minimum atomic E-state index is -0.293. The van der Waals surface area contributed by atoms with E-state index < -0.39 is 0 Å². The van der Waals surface area contributed by atoms with Crippen molar-refractivity contribution in [3.05, 3.63) is 35.9 Å². The van der Waals surface area contributed by atoms with Crippen molar-refractivity contribution >= 4 is 23.2 Å². The average molecular weight is 304 g/mol. The number of carbonyl (C=O) groups excluding carboxylic acids is 2. The lowest BCUT2D eigenvalue weighted by molar-refractivity contribution is 0.0945. The van der Waals surface area contributed by atoms with E-state index in [0.717, 1.165) is 0 Å². The molecule has 0 radical (unpaired) electrons. The SMILES string of the molecule is Cn1cc(NC(=O)c2cc(N)cn2C)cc1C(=O)NCCN. The highest BCUT2D eigenvalue weighted by molar-refractivity contribution is 6.04. The molecule has 2 amide bonds. The Morgan fingerprint density at radius 3 is 2.32 bits per heavy atom.